The summed E-state index contributed by atoms with van der Waals surface area (Å²) in [7, 11) is 0. The predicted octanol–water partition coefficient (Wildman–Crippen LogP) is -2.54. The third-order valence-corrected chi connectivity index (χ3v) is 0. The largest absolute Gasteiger partial charge is 0.870 e. The van der Waals surface area contributed by atoms with E-state index in [2.05, 4.69) is 0 Å². The van der Waals surface area contributed by atoms with Crippen LogP contribution in [0.5, 0.6) is 0 Å². The molecule has 0 amide bonds. The Hall–Kier alpha value is 0.926. The van der Waals surface area contributed by atoms with Gasteiger partial charge in [-0.05, 0) is 0 Å². The van der Waals surface area contributed by atoms with Gasteiger partial charge in [0.2, 0.25) is 0 Å². The molecule has 6 heavy (non-hydrogen) atoms. The summed E-state index contributed by atoms with van der Waals surface area (Å²) in [4.78, 5) is 0. The monoisotopic (exact) mass is 220 g/mol. The van der Waals surface area contributed by atoms with E-state index >= 15 is 0 Å². The van der Waals surface area contributed by atoms with Crippen LogP contribution in [-0.2, 0) is 0 Å². The van der Waals surface area contributed by atoms with Gasteiger partial charge < -0.3 is 21.9 Å². The van der Waals surface area contributed by atoms with Gasteiger partial charge in [0.1, 0.15) is 0 Å². The van der Waals surface area contributed by atoms with Gasteiger partial charge in [-0.1, -0.05) is 0 Å². The molecule has 0 atom stereocenters. The predicted molar refractivity (Wildman–Crippen MR) is 24.8 cm³/mol. The molecular formula is H8Ge2O4. The van der Waals surface area contributed by atoms with Crippen molar-refractivity contribution < 1.29 is 21.9 Å². The minimum Gasteiger partial charge on any atom is -0.870 e. The molecule has 0 aliphatic heterocycles. The number of hydrogen-bond acceptors (Lipinski definition) is 4. The Balaban J connectivity index is 0. The van der Waals surface area contributed by atoms with Crippen LogP contribution in [0.1, 0.15) is 0 Å². The maximum Gasteiger partial charge on any atom is -0.870 e. The molecule has 0 aliphatic rings. The summed E-state index contributed by atoms with van der Waals surface area (Å²) in [5.41, 5.74) is 0. The quantitative estimate of drug-likeness (QED) is 0.415. The summed E-state index contributed by atoms with van der Waals surface area (Å²) in [6.45, 7) is 0. The molecule has 4 nitrogen and oxygen atoms in total. The summed E-state index contributed by atoms with van der Waals surface area (Å²) in [5, 5.41) is 0. The van der Waals surface area contributed by atoms with Crippen molar-refractivity contribution in [1.82, 2.24) is 0 Å². The Morgan fingerprint density at radius 1 is 0.333 bits per heavy atom. The SMILES string of the molecule is [GeH2+2].[GeH2+2].[OH-].[OH-].[OH-].[OH-]. The number of rotatable bonds is 0. The van der Waals surface area contributed by atoms with Crippen molar-refractivity contribution in [1.29, 1.82) is 0 Å². The molecule has 0 aromatic carbocycles. The molecule has 0 saturated carbocycles. The van der Waals surface area contributed by atoms with E-state index in [1.165, 1.54) is 0 Å². The second kappa shape index (κ2) is 168. The van der Waals surface area contributed by atoms with Crippen molar-refractivity contribution in [3.05, 3.63) is 0 Å². The molecule has 0 heterocycles. The molecule has 4 N–H and O–H groups in total. The maximum absolute atomic E-state index is 0. The van der Waals surface area contributed by atoms with E-state index in [-0.39, 0.29) is 57.1 Å². The molecule has 0 aromatic heterocycles. The normalized spacial score (nSPS) is 0. The minimum atomic E-state index is 0. The van der Waals surface area contributed by atoms with Gasteiger partial charge in [-0.15, -0.1) is 0 Å². The van der Waals surface area contributed by atoms with Gasteiger partial charge in [0.05, 0.1) is 0 Å². The maximum atomic E-state index is 0. The zero-order chi connectivity index (χ0) is 0. The first-order valence-electron chi connectivity index (χ1n) is 0. The smallest absolute Gasteiger partial charge is 0.870 e. The molecule has 0 fully saturated rings. The van der Waals surface area contributed by atoms with Crippen molar-refractivity contribution in [3.63, 3.8) is 0 Å². The van der Waals surface area contributed by atoms with Gasteiger partial charge in [-0.3, -0.25) is 0 Å². The molecule has 0 radical (unpaired) electrons. The van der Waals surface area contributed by atoms with Crippen LogP contribution in [0.25, 0.3) is 0 Å². The van der Waals surface area contributed by atoms with Crippen LogP contribution in [0, 0.1) is 0 Å². The topological polar surface area (TPSA) is 120 Å². The fourth-order valence-electron chi connectivity index (χ4n) is 0. The minimum absolute atomic E-state index is 0. The summed E-state index contributed by atoms with van der Waals surface area (Å²) in [5.74, 6) is 0. The molecule has 0 bridgehead atoms. The molecule has 40 valence electrons. The van der Waals surface area contributed by atoms with Gasteiger partial charge in [0.15, 0.2) is 0 Å². The molecule has 0 aliphatic carbocycles. The summed E-state index contributed by atoms with van der Waals surface area (Å²) >= 11 is 0. The second-order valence-corrected chi connectivity index (χ2v) is 0. The molecule has 0 aromatic rings. The molecular weight excluding hydrogens is 209 g/mol. The Kier molecular flexibility index (Phi) is 7940. The van der Waals surface area contributed by atoms with Crippen LogP contribution in [0.4, 0.5) is 0 Å². The van der Waals surface area contributed by atoms with Crippen LogP contribution in [-0.4, -0.2) is 57.1 Å². The van der Waals surface area contributed by atoms with E-state index in [4.69, 9.17) is 0 Å². The van der Waals surface area contributed by atoms with Crippen LogP contribution in [0.3, 0.4) is 0 Å². The molecule has 6 heteroatoms. The zero-order valence-corrected chi connectivity index (χ0v) is 9.14. The van der Waals surface area contributed by atoms with Crippen molar-refractivity contribution in [2.75, 3.05) is 0 Å². The molecule has 0 unspecified atom stereocenters. The van der Waals surface area contributed by atoms with Crippen LogP contribution >= 0.6 is 0 Å². The van der Waals surface area contributed by atoms with Gasteiger partial charge >= 0.3 is 35.2 Å². The summed E-state index contributed by atoms with van der Waals surface area (Å²) in [6.07, 6.45) is 0. The zero-order valence-electron chi connectivity index (χ0n) is 3.20. The Bertz CT molecular complexity index is 5.51. The van der Waals surface area contributed by atoms with Crippen molar-refractivity contribution >= 4 is 35.2 Å². The fourth-order valence-corrected chi connectivity index (χ4v) is 0. The van der Waals surface area contributed by atoms with Crippen LogP contribution in [0.15, 0.2) is 0 Å². The van der Waals surface area contributed by atoms with Crippen molar-refractivity contribution in [2.24, 2.45) is 0 Å². The summed E-state index contributed by atoms with van der Waals surface area (Å²) in [6, 6.07) is 0. The van der Waals surface area contributed by atoms with E-state index in [0.29, 0.717) is 0 Å². The third-order valence-electron chi connectivity index (χ3n) is 0. The Morgan fingerprint density at radius 3 is 0.333 bits per heavy atom. The van der Waals surface area contributed by atoms with Gasteiger partial charge in [0.25, 0.3) is 0 Å². The van der Waals surface area contributed by atoms with E-state index < -0.39 is 0 Å². The average molecular weight is 217 g/mol. The number of hydrogen-bond donors (Lipinski definition) is 0. The first-order chi connectivity index (χ1) is 0. The third kappa shape index (κ3) is 88.6. The molecule has 0 saturated heterocycles. The van der Waals surface area contributed by atoms with E-state index in [1.807, 2.05) is 0 Å². The molecule has 0 rings (SSSR count). The summed E-state index contributed by atoms with van der Waals surface area (Å²) < 4.78 is 0. The Morgan fingerprint density at radius 2 is 0.333 bits per heavy atom. The molecule has 0 spiro atoms. The van der Waals surface area contributed by atoms with Gasteiger partial charge in [-0.25, -0.2) is 0 Å². The average Bonchev–Trinajstić information content (AvgIpc) is 0. The van der Waals surface area contributed by atoms with Crippen LogP contribution in [0.2, 0.25) is 0 Å². The van der Waals surface area contributed by atoms with Crippen LogP contribution < -0.4 is 0 Å². The van der Waals surface area contributed by atoms with Crippen molar-refractivity contribution in [3.8, 4) is 0 Å². The van der Waals surface area contributed by atoms with E-state index in [1.54, 1.807) is 0 Å². The van der Waals surface area contributed by atoms with Gasteiger partial charge in [0, 0.05) is 0 Å². The van der Waals surface area contributed by atoms with Gasteiger partial charge in [-0.2, -0.15) is 0 Å². The first kappa shape index (κ1) is 284. The second-order valence-electron chi connectivity index (χ2n) is 0. The fraction of sp³-hybridized carbons (Fsp3) is 0. The Labute approximate surface area is 57.5 Å². The van der Waals surface area contributed by atoms with E-state index in [0.717, 1.165) is 0 Å². The van der Waals surface area contributed by atoms with E-state index in [9.17, 15) is 0 Å². The standard InChI is InChI=1S/2GeH2.4H2O/h6*1H2/q2*+2;;;;/p-4. The first-order valence-corrected chi connectivity index (χ1v) is 0. The van der Waals surface area contributed by atoms with Crippen molar-refractivity contribution in [2.45, 2.75) is 0 Å².